The quantitative estimate of drug-likeness (QED) is 0.472. The molecule has 0 spiro atoms. The summed E-state index contributed by atoms with van der Waals surface area (Å²) in [6, 6.07) is 9.08. The van der Waals surface area contributed by atoms with Crippen molar-refractivity contribution in [1.82, 2.24) is 0 Å². The molecule has 0 amide bonds. The van der Waals surface area contributed by atoms with Crippen molar-refractivity contribution in [2.45, 2.75) is 6.42 Å². The molecule has 0 N–H and O–H groups in total. The van der Waals surface area contributed by atoms with Gasteiger partial charge in [0.1, 0.15) is 12.4 Å². The van der Waals surface area contributed by atoms with Crippen LogP contribution in [0.3, 0.4) is 0 Å². The van der Waals surface area contributed by atoms with Gasteiger partial charge in [-0.1, -0.05) is 24.0 Å². The lowest BCUT2D eigenvalue weighted by molar-refractivity contribution is -0.107. The summed E-state index contributed by atoms with van der Waals surface area (Å²) >= 11 is 0. The van der Waals surface area contributed by atoms with Gasteiger partial charge in [0, 0.05) is 5.56 Å². The Labute approximate surface area is 76.8 Å². The predicted molar refractivity (Wildman–Crippen MR) is 48.7 cm³/mol. The van der Waals surface area contributed by atoms with Gasteiger partial charge in [0.25, 0.3) is 0 Å². The van der Waals surface area contributed by atoms with Crippen molar-refractivity contribution in [2.75, 3.05) is 0 Å². The summed E-state index contributed by atoms with van der Waals surface area (Å²) in [5, 5.41) is 8.69. The van der Waals surface area contributed by atoms with Gasteiger partial charge >= 0.3 is 0 Å². The van der Waals surface area contributed by atoms with E-state index in [0.717, 1.165) is 6.29 Å². The molecule has 0 aliphatic heterocycles. The molecule has 0 saturated carbocycles. The van der Waals surface area contributed by atoms with Crippen LogP contribution in [-0.2, 0) is 4.79 Å². The maximum atomic E-state index is 9.98. The molecule has 1 aromatic carbocycles. The van der Waals surface area contributed by atoms with E-state index in [-0.39, 0.29) is 6.42 Å². The smallest absolute Gasteiger partial charge is 0.131 e. The van der Waals surface area contributed by atoms with Crippen LogP contribution in [0.25, 0.3) is 0 Å². The van der Waals surface area contributed by atoms with Crippen molar-refractivity contribution < 1.29 is 4.79 Å². The average molecular weight is 169 g/mol. The van der Waals surface area contributed by atoms with E-state index in [0.29, 0.717) is 11.1 Å². The maximum absolute atomic E-state index is 9.98. The molecule has 0 atom stereocenters. The molecular formula is C11H7NO. The first kappa shape index (κ1) is 9.03. The minimum atomic E-state index is 0.208. The first-order valence-corrected chi connectivity index (χ1v) is 3.80. The third-order valence-corrected chi connectivity index (χ3v) is 1.46. The standard InChI is InChI=1S/C11H7NO/c12-9-11-7-2-1-5-10(11)6-3-4-8-13/h1-2,5,7-8H,4H2. The van der Waals surface area contributed by atoms with Gasteiger partial charge in [0.15, 0.2) is 0 Å². The molecule has 2 nitrogen and oxygen atoms in total. The first-order chi connectivity index (χ1) is 6.38. The van der Waals surface area contributed by atoms with Crippen LogP contribution >= 0.6 is 0 Å². The molecule has 1 rings (SSSR count). The number of carbonyl (C=O) groups excluding carboxylic acids is 1. The van der Waals surface area contributed by atoms with Gasteiger partial charge in [-0.15, -0.1) is 0 Å². The molecule has 0 radical (unpaired) electrons. The van der Waals surface area contributed by atoms with Gasteiger partial charge in [-0.05, 0) is 12.1 Å². The van der Waals surface area contributed by atoms with Gasteiger partial charge in [-0.3, -0.25) is 0 Å². The summed E-state index contributed by atoms with van der Waals surface area (Å²) in [5.74, 6) is 5.42. The van der Waals surface area contributed by atoms with E-state index in [1.165, 1.54) is 0 Å². The highest BCUT2D eigenvalue weighted by Gasteiger charge is 1.94. The van der Waals surface area contributed by atoms with E-state index in [1.807, 2.05) is 12.1 Å². The molecular weight excluding hydrogens is 162 g/mol. The van der Waals surface area contributed by atoms with Crippen molar-refractivity contribution in [3.05, 3.63) is 35.4 Å². The Morgan fingerprint density at radius 1 is 1.31 bits per heavy atom. The second-order valence-corrected chi connectivity index (χ2v) is 2.33. The van der Waals surface area contributed by atoms with Crippen LogP contribution in [0.5, 0.6) is 0 Å². The molecule has 0 heterocycles. The minimum Gasteiger partial charge on any atom is -0.302 e. The van der Waals surface area contributed by atoms with Crippen LogP contribution in [0, 0.1) is 23.2 Å². The number of hydrogen-bond acceptors (Lipinski definition) is 2. The summed E-state index contributed by atoms with van der Waals surface area (Å²) in [7, 11) is 0. The monoisotopic (exact) mass is 169 g/mol. The zero-order chi connectivity index (χ0) is 9.52. The van der Waals surface area contributed by atoms with E-state index in [4.69, 9.17) is 5.26 Å². The van der Waals surface area contributed by atoms with Crippen molar-refractivity contribution >= 4 is 6.29 Å². The molecule has 0 bridgehead atoms. The van der Waals surface area contributed by atoms with Crippen LogP contribution < -0.4 is 0 Å². The van der Waals surface area contributed by atoms with Crippen LogP contribution in [0.15, 0.2) is 24.3 Å². The highest BCUT2D eigenvalue weighted by molar-refractivity contribution is 5.56. The van der Waals surface area contributed by atoms with Crippen LogP contribution in [-0.4, -0.2) is 6.29 Å². The number of aldehydes is 1. The lowest BCUT2D eigenvalue weighted by Gasteiger charge is -1.91. The summed E-state index contributed by atoms with van der Waals surface area (Å²) < 4.78 is 0. The molecule has 13 heavy (non-hydrogen) atoms. The van der Waals surface area contributed by atoms with Crippen molar-refractivity contribution in [3.63, 3.8) is 0 Å². The van der Waals surface area contributed by atoms with Crippen molar-refractivity contribution in [1.29, 1.82) is 5.26 Å². The van der Waals surface area contributed by atoms with E-state index < -0.39 is 0 Å². The Balaban J connectivity index is 2.97. The largest absolute Gasteiger partial charge is 0.302 e. The minimum absolute atomic E-state index is 0.208. The van der Waals surface area contributed by atoms with Crippen LogP contribution in [0.2, 0.25) is 0 Å². The molecule has 0 aliphatic carbocycles. The highest BCUT2D eigenvalue weighted by Crippen LogP contribution is 2.04. The number of nitriles is 1. The summed E-state index contributed by atoms with van der Waals surface area (Å²) in [6.45, 7) is 0. The van der Waals surface area contributed by atoms with Gasteiger partial charge < -0.3 is 4.79 Å². The first-order valence-electron chi connectivity index (χ1n) is 3.80. The third kappa shape index (κ3) is 2.47. The predicted octanol–water partition coefficient (Wildman–Crippen LogP) is 1.50. The molecule has 0 unspecified atom stereocenters. The van der Waals surface area contributed by atoms with E-state index in [2.05, 4.69) is 11.8 Å². The average Bonchev–Trinajstić information content (AvgIpc) is 2.19. The van der Waals surface area contributed by atoms with Gasteiger partial charge in [0.2, 0.25) is 0 Å². The topological polar surface area (TPSA) is 40.9 Å². The Morgan fingerprint density at radius 3 is 2.62 bits per heavy atom. The van der Waals surface area contributed by atoms with Gasteiger partial charge in [0.05, 0.1) is 12.0 Å². The Morgan fingerprint density at radius 2 is 2.00 bits per heavy atom. The van der Waals surface area contributed by atoms with E-state index in [9.17, 15) is 4.79 Å². The second-order valence-electron chi connectivity index (χ2n) is 2.33. The zero-order valence-electron chi connectivity index (χ0n) is 6.95. The number of nitrogens with zero attached hydrogens (tertiary/aromatic N) is 1. The number of benzene rings is 1. The zero-order valence-corrected chi connectivity index (χ0v) is 6.95. The fourth-order valence-electron chi connectivity index (χ4n) is 0.878. The van der Waals surface area contributed by atoms with Gasteiger partial charge in [-0.25, -0.2) is 0 Å². The number of hydrogen-bond donors (Lipinski definition) is 0. The maximum Gasteiger partial charge on any atom is 0.131 e. The molecule has 0 aliphatic rings. The fourth-order valence-corrected chi connectivity index (χ4v) is 0.878. The highest BCUT2D eigenvalue weighted by atomic mass is 16.1. The number of carbonyl (C=O) groups is 1. The van der Waals surface area contributed by atoms with E-state index in [1.54, 1.807) is 18.2 Å². The van der Waals surface area contributed by atoms with Gasteiger partial charge in [-0.2, -0.15) is 5.26 Å². The number of rotatable bonds is 1. The molecule has 2 heteroatoms. The van der Waals surface area contributed by atoms with Crippen molar-refractivity contribution in [3.8, 4) is 17.9 Å². The Hall–Kier alpha value is -2.06. The second kappa shape index (κ2) is 4.74. The fraction of sp³-hybridized carbons (Fsp3) is 0.0909. The SMILES string of the molecule is N#Cc1ccccc1C#CCC=O. The molecule has 62 valence electrons. The summed E-state index contributed by atoms with van der Waals surface area (Å²) in [5.41, 5.74) is 1.22. The summed E-state index contributed by atoms with van der Waals surface area (Å²) in [4.78, 5) is 9.98. The lowest BCUT2D eigenvalue weighted by atomic mass is 10.1. The van der Waals surface area contributed by atoms with Crippen molar-refractivity contribution in [2.24, 2.45) is 0 Å². The molecule has 0 fully saturated rings. The van der Waals surface area contributed by atoms with E-state index >= 15 is 0 Å². The Bertz CT molecular complexity index is 404. The normalized spacial score (nSPS) is 7.92. The third-order valence-electron chi connectivity index (χ3n) is 1.46. The molecule has 0 saturated heterocycles. The van der Waals surface area contributed by atoms with Crippen LogP contribution in [0.1, 0.15) is 17.5 Å². The molecule has 1 aromatic rings. The summed E-state index contributed by atoms with van der Waals surface area (Å²) in [6.07, 6.45) is 0.946. The van der Waals surface area contributed by atoms with Crippen LogP contribution in [0.4, 0.5) is 0 Å². The Kier molecular flexibility index (Phi) is 3.30. The lowest BCUT2D eigenvalue weighted by Crippen LogP contribution is -1.81. The molecule has 0 aromatic heterocycles.